The first-order valence-corrected chi connectivity index (χ1v) is 7.67. The first kappa shape index (κ1) is 15.8. The van der Waals surface area contributed by atoms with Crippen molar-refractivity contribution >= 4 is 33.6 Å². The summed E-state index contributed by atoms with van der Waals surface area (Å²) in [5.74, 6) is -0.957. The van der Waals surface area contributed by atoms with Crippen LogP contribution in [0.4, 0.5) is 10.5 Å². The van der Waals surface area contributed by atoms with Gasteiger partial charge in [0.05, 0.1) is 5.69 Å². The zero-order valence-electron chi connectivity index (χ0n) is 12.1. The number of carboxylic acid groups (broad SMARTS) is 1. The molecule has 1 aliphatic heterocycles. The number of aliphatic carboxylic acids is 1. The summed E-state index contributed by atoms with van der Waals surface area (Å²) in [6.07, 6.45) is 1.60. The molecule has 1 fully saturated rings. The number of carbonyl (C=O) groups excluding carboxylic acids is 1. The van der Waals surface area contributed by atoms with Gasteiger partial charge < -0.3 is 15.3 Å². The summed E-state index contributed by atoms with van der Waals surface area (Å²) in [5, 5.41) is 12.3. The second-order valence-electron chi connectivity index (χ2n) is 5.94. The second-order valence-corrected chi connectivity index (χ2v) is 6.79. The molecule has 0 bridgehead atoms. The predicted molar refractivity (Wildman–Crippen MR) is 84.3 cm³/mol. The van der Waals surface area contributed by atoms with Crippen molar-refractivity contribution in [2.75, 3.05) is 11.9 Å². The minimum atomic E-state index is -0.957. The van der Waals surface area contributed by atoms with Crippen molar-refractivity contribution in [2.24, 2.45) is 5.41 Å². The maximum atomic E-state index is 12.5. The molecule has 5 nitrogen and oxygen atoms in total. The third-order valence-corrected chi connectivity index (χ3v) is 4.57. The van der Waals surface area contributed by atoms with Gasteiger partial charge in [-0.3, -0.25) is 0 Å². The highest BCUT2D eigenvalue weighted by Gasteiger charge is 2.44. The minimum absolute atomic E-state index is 0.373. The number of nitrogens with zero attached hydrogens (tertiary/aromatic N) is 1. The maximum absolute atomic E-state index is 12.5. The number of nitrogens with one attached hydrogen (secondary N) is 1. The Morgan fingerprint density at radius 1 is 1.38 bits per heavy atom. The second kappa shape index (κ2) is 6.05. The fourth-order valence-corrected chi connectivity index (χ4v) is 3.21. The van der Waals surface area contributed by atoms with Crippen LogP contribution in [0.5, 0.6) is 0 Å². The zero-order chi connectivity index (χ0) is 15.6. The standard InChI is InChI=1S/C15H19BrN2O3/c1-15(2)8-5-9-18(12(15)13(19)20)14(21)17-11-7-4-3-6-10(11)16/h3-4,6-7,12H,5,8-9H2,1-2H3,(H,17,21)(H,19,20). The smallest absolute Gasteiger partial charge is 0.327 e. The number of carboxylic acids is 1. The van der Waals surface area contributed by atoms with E-state index in [1.807, 2.05) is 32.0 Å². The molecule has 1 heterocycles. The Bertz CT molecular complexity index is 560. The Morgan fingerprint density at radius 2 is 2.05 bits per heavy atom. The van der Waals surface area contributed by atoms with Crippen molar-refractivity contribution < 1.29 is 14.7 Å². The van der Waals surface area contributed by atoms with E-state index in [2.05, 4.69) is 21.2 Å². The molecule has 1 unspecified atom stereocenters. The van der Waals surface area contributed by atoms with Crippen LogP contribution in [-0.2, 0) is 4.79 Å². The number of piperidine rings is 1. The van der Waals surface area contributed by atoms with Crippen LogP contribution >= 0.6 is 15.9 Å². The molecule has 2 N–H and O–H groups in total. The lowest BCUT2D eigenvalue weighted by atomic mass is 9.76. The summed E-state index contributed by atoms with van der Waals surface area (Å²) < 4.78 is 0.765. The highest BCUT2D eigenvalue weighted by molar-refractivity contribution is 9.10. The number of urea groups is 1. The molecular formula is C15H19BrN2O3. The number of rotatable bonds is 2. The van der Waals surface area contributed by atoms with Crippen molar-refractivity contribution in [1.82, 2.24) is 4.90 Å². The molecule has 1 aromatic rings. The summed E-state index contributed by atoms with van der Waals surface area (Å²) in [4.78, 5) is 25.4. The Hall–Kier alpha value is -1.56. The average Bonchev–Trinajstić information content (AvgIpc) is 2.39. The fraction of sp³-hybridized carbons (Fsp3) is 0.467. The molecule has 1 aromatic carbocycles. The molecule has 0 spiro atoms. The van der Waals surface area contributed by atoms with E-state index in [1.54, 1.807) is 6.07 Å². The van der Waals surface area contributed by atoms with E-state index >= 15 is 0 Å². The first-order valence-electron chi connectivity index (χ1n) is 6.88. The summed E-state index contributed by atoms with van der Waals surface area (Å²) >= 11 is 3.37. The number of likely N-dealkylation sites (tertiary alicyclic amines) is 1. The topological polar surface area (TPSA) is 69.6 Å². The number of para-hydroxylation sites is 1. The van der Waals surface area contributed by atoms with Gasteiger partial charge in [0.1, 0.15) is 6.04 Å². The Morgan fingerprint density at radius 3 is 2.67 bits per heavy atom. The summed E-state index contributed by atoms with van der Waals surface area (Å²) in [6.45, 7) is 4.24. The Kier molecular flexibility index (Phi) is 4.56. The van der Waals surface area contributed by atoms with Gasteiger partial charge in [-0.25, -0.2) is 9.59 Å². The van der Waals surface area contributed by atoms with E-state index in [4.69, 9.17) is 0 Å². The summed E-state index contributed by atoms with van der Waals surface area (Å²) in [7, 11) is 0. The number of halogens is 1. The zero-order valence-corrected chi connectivity index (χ0v) is 13.7. The van der Waals surface area contributed by atoms with Crippen LogP contribution in [0.3, 0.4) is 0 Å². The quantitative estimate of drug-likeness (QED) is 0.852. The lowest BCUT2D eigenvalue weighted by molar-refractivity contribution is -0.148. The molecule has 0 radical (unpaired) electrons. The van der Waals surface area contributed by atoms with Crippen molar-refractivity contribution in [3.63, 3.8) is 0 Å². The first-order chi connectivity index (χ1) is 9.83. The number of carbonyl (C=O) groups is 2. The maximum Gasteiger partial charge on any atom is 0.327 e. The molecule has 1 atom stereocenters. The lowest BCUT2D eigenvalue weighted by Gasteiger charge is -2.43. The molecule has 0 aliphatic carbocycles. The minimum Gasteiger partial charge on any atom is -0.480 e. The van der Waals surface area contributed by atoms with E-state index in [0.717, 1.165) is 17.3 Å². The van der Waals surface area contributed by atoms with Crippen molar-refractivity contribution in [3.8, 4) is 0 Å². The van der Waals surface area contributed by atoms with Gasteiger partial charge in [-0.05, 0) is 46.3 Å². The van der Waals surface area contributed by atoms with Gasteiger partial charge in [0.15, 0.2) is 0 Å². The van der Waals surface area contributed by atoms with Gasteiger partial charge >= 0.3 is 12.0 Å². The Balaban J connectivity index is 2.21. The molecule has 2 rings (SSSR count). The number of hydrogen-bond donors (Lipinski definition) is 2. The number of benzene rings is 1. The molecule has 0 saturated carbocycles. The predicted octanol–water partition coefficient (Wildman–Crippen LogP) is 3.56. The highest BCUT2D eigenvalue weighted by atomic mass is 79.9. The third-order valence-electron chi connectivity index (χ3n) is 3.88. The molecule has 0 aromatic heterocycles. The largest absolute Gasteiger partial charge is 0.480 e. The summed E-state index contributed by atoms with van der Waals surface area (Å²) in [6, 6.07) is 6.08. The third kappa shape index (κ3) is 3.37. The van der Waals surface area contributed by atoms with Crippen LogP contribution in [0.25, 0.3) is 0 Å². The normalized spacial score (nSPS) is 20.9. The molecule has 21 heavy (non-hydrogen) atoms. The number of amides is 2. The summed E-state index contributed by atoms with van der Waals surface area (Å²) in [5.41, 5.74) is 0.199. The van der Waals surface area contributed by atoms with Gasteiger partial charge in [-0.1, -0.05) is 26.0 Å². The van der Waals surface area contributed by atoms with Gasteiger partial charge in [-0.2, -0.15) is 0 Å². The number of anilines is 1. The monoisotopic (exact) mass is 354 g/mol. The van der Waals surface area contributed by atoms with Crippen LogP contribution in [0.2, 0.25) is 0 Å². The SMILES string of the molecule is CC1(C)CCCN(C(=O)Nc2ccccc2Br)C1C(=O)O. The van der Waals surface area contributed by atoms with Gasteiger partial charge in [0.25, 0.3) is 0 Å². The van der Waals surface area contributed by atoms with Crippen molar-refractivity contribution in [2.45, 2.75) is 32.7 Å². The van der Waals surface area contributed by atoms with Gasteiger partial charge in [0, 0.05) is 11.0 Å². The molecule has 6 heteroatoms. The average molecular weight is 355 g/mol. The van der Waals surface area contributed by atoms with E-state index in [-0.39, 0.29) is 6.03 Å². The molecule has 1 saturated heterocycles. The fourth-order valence-electron chi connectivity index (χ4n) is 2.83. The van der Waals surface area contributed by atoms with Gasteiger partial charge in [0.2, 0.25) is 0 Å². The van der Waals surface area contributed by atoms with E-state index in [0.29, 0.717) is 12.2 Å². The van der Waals surface area contributed by atoms with Crippen LogP contribution in [0.15, 0.2) is 28.7 Å². The van der Waals surface area contributed by atoms with Crippen molar-refractivity contribution in [3.05, 3.63) is 28.7 Å². The van der Waals surface area contributed by atoms with Crippen LogP contribution in [0.1, 0.15) is 26.7 Å². The van der Waals surface area contributed by atoms with E-state index in [9.17, 15) is 14.7 Å². The van der Waals surface area contributed by atoms with Crippen molar-refractivity contribution in [1.29, 1.82) is 0 Å². The molecule has 2 amide bonds. The van der Waals surface area contributed by atoms with Crippen LogP contribution in [-0.4, -0.2) is 34.6 Å². The van der Waals surface area contributed by atoms with Crippen LogP contribution in [0, 0.1) is 5.41 Å². The highest BCUT2D eigenvalue weighted by Crippen LogP contribution is 2.35. The molecular weight excluding hydrogens is 336 g/mol. The van der Waals surface area contributed by atoms with Gasteiger partial charge in [-0.15, -0.1) is 0 Å². The Labute approximate surface area is 132 Å². The van der Waals surface area contributed by atoms with Crippen LogP contribution < -0.4 is 5.32 Å². The van der Waals surface area contributed by atoms with E-state index < -0.39 is 17.4 Å². The molecule has 114 valence electrons. The number of hydrogen-bond acceptors (Lipinski definition) is 2. The van der Waals surface area contributed by atoms with E-state index in [1.165, 1.54) is 4.90 Å². The lowest BCUT2D eigenvalue weighted by Crippen LogP contribution is -2.57. The molecule has 1 aliphatic rings.